The molecule has 1 aromatic heterocycles. The Morgan fingerprint density at radius 2 is 2.05 bits per heavy atom. The van der Waals surface area contributed by atoms with E-state index in [1.807, 2.05) is 42.5 Å². The second-order valence-electron chi connectivity index (χ2n) is 4.34. The zero-order valence-electron chi connectivity index (χ0n) is 10.9. The van der Waals surface area contributed by atoms with E-state index in [1.165, 1.54) is 10.8 Å². The van der Waals surface area contributed by atoms with Gasteiger partial charge in [-0.05, 0) is 36.4 Å². The van der Waals surface area contributed by atoms with Crippen molar-refractivity contribution in [2.75, 3.05) is 5.32 Å². The van der Waals surface area contributed by atoms with Gasteiger partial charge in [-0.15, -0.1) is 18.1 Å². The van der Waals surface area contributed by atoms with Gasteiger partial charge in [-0.3, -0.25) is 0 Å². The highest BCUT2D eigenvalue weighted by Crippen LogP contribution is 2.29. The van der Waals surface area contributed by atoms with Gasteiger partial charge in [0, 0.05) is 21.5 Å². The number of aromatic nitrogens is 2. The molecule has 0 bridgehead atoms. The summed E-state index contributed by atoms with van der Waals surface area (Å²) in [6, 6.07) is 13.6. The Kier molecular flexibility index (Phi) is 4.00. The van der Waals surface area contributed by atoms with E-state index in [9.17, 15) is 0 Å². The molecule has 0 aliphatic carbocycles. The number of benzene rings is 2. The van der Waals surface area contributed by atoms with Crippen molar-refractivity contribution in [2.45, 2.75) is 4.90 Å². The Bertz CT molecular complexity index is 840. The lowest BCUT2D eigenvalue weighted by molar-refractivity contribution is 1.21. The number of fused-ring (bicyclic) bond motifs is 1. The second kappa shape index (κ2) is 6.08. The molecule has 0 fully saturated rings. The summed E-state index contributed by atoms with van der Waals surface area (Å²) in [5, 5.41) is 4.24. The van der Waals surface area contributed by atoms with Gasteiger partial charge in [0.25, 0.3) is 0 Å². The molecular weight excluding hydrogens is 298 g/mol. The van der Waals surface area contributed by atoms with Crippen LogP contribution < -0.4 is 5.32 Å². The van der Waals surface area contributed by atoms with Crippen LogP contribution in [0.15, 0.2) is 53.7 Å². The van der Waals surface area contributed by atoms with Crippen molar-refractivity contribution in [2.24, 2.45) is 0 Å². The van der Waals surface area contributed by atoms with Gasteiger partial charge < -0.3 is 5.32 Å². The predicted molar refractivity (Wildman–Crippen MR) is 92.0 cm³/mol. The van der Waals surface area contributed by atoms with Gasteiger partial charge in [-0.25, -0.2) is 9.97 Å². The minimum absolute atomic E-state index is 0.749. The average molecular weight is 309 g/mol. The fourth-order valence-corrected chi connectivity index (χ4v) is 2.66. The van der Waals surface area contributed by atoms with Crippen LogP contribution in [0.3, 0.4) is 0 Å². The van der Waals surface area contributed by atoms with Gasteiger partial charge in [0.15, 0.2) is 0 Å². The van der Waals surface area contributed by atoms with Crippen LogP contribution in [0, 0.1) is 12.3 Å². The highest BCUT2D eigenvalue weighted by Gasteiger charge is 2.05. The maximum Gasteiger partial charge on any atom is 0.141 e. The first-order valence-electron chi connectivity index (χ1n) is 6.20. The molecule has 2 aromatic carbocycles. The lowest BCUT2D eigenvalue weighted by Crippen LogP contribution is -1.96. The number of thiol groups is 1. The molecule has 21 heavy (non-hydrogen) atoms. The first kappa shape index (κ1) is 13.8. The maximum atomic E-state index is 5.43. The van der Waals surface area contributed by atoms with Crippen LogP contribution in [0.4, 0.5) is 11.5 Å². The molecule has 0 atom stereocenters. The average Bonchev–Trinajstić information content (AvgIpc) is 2.55. The van der Waals surface area contributed by atoms with Crippen molar-refractivity contribution >= 4 is 44.9 Å². The van der Waals surface area contributed by atoms with E-state index in [0.29, 0.717) is 0 Å². The summed E-state index contributed by atoms with van der Waals surface area (Å²) >= 11 is 4.23. The molecule has 1 N–H and O–H groups in total. The van der Waals surface area contributed by atoms with Crippen LogP contribution in [-0.2, 0) is 0 Å². The number of terminal acetylenes is 1. The van der Waals surface area contributed by atoms with Crippen molar-refractivity contribution < 1.29 is 0 Å². The normalized spacial score (nSPS) is 10.3. The van der Waals surface area contributed by atoms with E-state index in [2.05, 4.69) is 32.9 Å². The minimum Gasteiger partial charge on any atom is -0.340 e. The SMILES string of the molecule is C#Cc1cccc(Nc2ncnc3ccc(SS)cc23)c1. The summed E-state index contributed by atoms with van der Waals surface area (Å²) in [4.78, 5) is 9.64. The highest BCUT2D eigenvalue weighted by molar-refractivity contribution is 8.68. The molecule has 0 aliphatic heterocycles. The number of nitrogens with one attached hydrogen (secondary N) is 1. The zero-order chi connectivity index (χ0) is 14.7. The van der Waals surface area contributed by atoms with Gasteiger partial charge in [-0.2, -0.15) is 0 Å². The number of anilines is 2. The van der Waals surface area contributed by atoms with Crippen LogP contribution >= 0.6 is 22.5 Å². The van der Waals surface area contributed by atoms with Crippen molar-refractivity contribution in [3.63, 3.8) is 0 Å². The third kappa shape index (κ3) is 2.97. The first-order chi connectivity index (χ1) is 10.3. The van der Waals surface area contributed by atoms with Crippen molar-refractivity contribution in [1.29, 1.82) is 0 Å². The predicted octanol–water partition coefficient (Wildman–Crippen LogP) is 4.29. The van der Waals surface area contributed by atoms with Crippen molar-refractivity contribution in [3.05, 3.63) is 54.4 Å². The second-order valence-corrected chi connectivity index (χ2v) is 5.54. The quantitative estimate of drug-likeness (QED) is 0.430. The summed E-state index contributed by atoms with van der Waals surface area (Å²) in [5.74, 6) is 3.37. The first-order valence-corrected chi connectivity index (χ1v) is 8.07. The largest absolute Gasteiger partial charge is 0.340 e. The van der Waals surface area contributed by atoms with Crippen LogP contribution in [-0.4, -0.2) is 9.97 Å². The Labute approximate surface area is 132 Å². The smallest absolute Gasteiger partial charge is 0.141 e. The molecular formula is C16H11N3S2. The van der Waals surface area contributed by atoms with Crippen LogP contribution in [0.25, 0.3) is 10.9 Å². The zero-order valence-corrected chi connectivity index (χ0v) is 12.7. The minimum atomic E-state index is 0.749. The van der Waals surface area contributed by atoms with Gasteiger partial charge in [-0.1, -0.05) is 22.8 Å². The Morgan fingerprint density at radius 3 is 2.86 bits per heavy atom. The molecule has 0 unspecified atom stereocenters. The number of hydrogen-bond donors (Lipinski definition) is 2. The molecule has 3 aromatic rings. The summed E-state index contributed by atoms with van der Waals surface area (Å²) in [7, 11) is 1.39. The van der Waals surface area contributed by atoms with Crippen LogP contribution in [0.1, 0.15) is 5.56 Å². The topological polar surface area (TPSA) is 37.8 Å². The molecule has 0 spiro atoms. The Balaban J connectivity index is 2.05. The van der Waals surface area contributed by atoms with Gasteiger partial charge in [0.05, 0.1) is 5.52 Å². The molecule has 0 saturated heterocycles. The Hall–Kier alpha value is -2.16. The highest BCUT2D eigenvalue weighted by atomic mass is 33.1. The van der Waals surface area contributed by atoms with Crippen molar-refractivity contribution in [1.82, 2.24) is 9.97 Å². The summed E-state index contributed by atoms with van der Waals surface area (Å²) in [6.45, 7) is 0. The third-order valence-corrected chi connectivity index (χ3v) is 4.10. The summed E-state index contributed by atoms with van der Waals surface area (Å²) in [5.41, 5.74) is 2.60. The molecule has 0 radical (unpaired) electrons. The van der Waals surface area contributed by atoms with Crippen LogP contribution in [0.5, 0.6) is 0 Å². The van der Waals surface area contributed by atoms with Crippen molar-refractivity contribution in [3.8, 4) is 12.3 Å². The monoisotopic (exact) mass is 309 g/mol. The molecule has 1 heterocycles. The molecule has 3 nitrogen and oxygen atoms in total. The van der Waals surface area contributed by atoms with E-state index < -0.39 is 0 Å². The van der Waals surface area contributed by atoms with E-state index in [-0.39, 0.29) is 0 Å². The lowest BCUT2D eigenvalue weighted by atomic mass is 10.2. The maximum absolute atomic E-state index is 5.43. The fraction of sp³-hybridized carbons (Fsp3) is 0. The molecule has 0 amide bonds. The van der Waals surface area contributed by atoms with Gasteiger partial charge in [0.1, 0.15) is 12.1 Å². The van der Waals surface area contributed by atoms with Gasteiger partial charge in [0.2, 0.25) is 0 Å². The third-order valence-electron chi connectivity index (χ3n) is 3.00. The summed E-state index contributed by atoms with van der Waals surface area (Å²) in [6.07, 6.45) is 6.97. The Morgan fingerprint density at radius 1 is 1.14 bits per heavy atom. The lowest BCUT2D eigenvalue weighted by Gasteiger charge is -2.09. The van der Waals surface area contributed by atoms with E-state index in [4.69, 9.17) is 6.42 Å². The van der Waals surface area contributed by atoms with E-state index in [1.54, 1.807) is 6.33 Å². The number of rotatable bonds is 3. The van der Waals surface area contributed by atoms with E-state index in [0.717, 1.165) is 32.9 Å². The molecule has 5 heteroatoms. The van der Waals surface area contributed by atoms with Gasteiger partial charge >= 0.3 is 0 Å². The number of nitrogens with zero attached hydrogens (tertiary/aromatic N) is 2. The molecule has 3 rings (SSSR count). The fourth-order valence-electron chi connectivity index (χ4n) is 2.02. The summed E-state index contributed by atoms with van der Waals surface area (Å²) < 4.78 is 0. The van der Waals surface area contributed by atoms with Crippen LogP contribution in [0.2, 0.25) is 0 Å². The molecule has 0 aliphatic rings. The number of hydrogen-bond acceptors (Lipinski definition) is 5. The molecule has 102 valence electrons. The molecule has 0 saturated carbocycles. The standard InChI is InChI=1S/C16H11N3S2/c1-2-11-4-3-5-12(8-11)19-16-14-9-13(21-20)6-7-15(14)17-10-18-16/h1,3-10,20H,(H,17,18,19). The van der Waals surface area contributed by atoms with E-state index >= 15 is 0 Å².